The first-order valence-corrected chi connectivity index (χ1v) is 8.90. The third kappa shape index (κ3) is 2.88. The standard InChI is InChI=1S/C20H23N3O/c24-20(15-7-2-1-3-8-15)23-14-6-12-18(23)17-11-5-13-21-19(17)22-16-9-4-10-16/h1-3,5,7-8,11,13,16,18H,4,6,9-10,12,14H2,(H,21,22)/t18-/m1/s1. The molecule has 1 saturated carbocycles. The summed E-state index contributed by atoms with van der Waals surface area (Å²) in [4.78, 5) is 19.5. The Bertz CT molecular complexity index is 712. The molecule has 2 fully saturated rings. The van der Waals surface area contributed by atoms with Crippen LogP contribution in [0.1, 0.15) is 54.1 Å². The summed E-state index contributed by atoms with van der Waals surface area (Å²) >= 11 is 0. The highest BCUT2D eigenvalue weighted by Crippen LogP contribution is 2.37. The number of carbonyl (C=O) groups is 1. The van der Waals surface area contributed by atoms with E-state index < -0.39 is 0 Å². The molecule has 2 aromatic rings. The van der Waals surface area contributed by atoms with Gasteiger partial charge in [0.05, 0.1) is 6.04 Å². The monoisotopic (exact) mass is 321 g/mol. The van der Waals surface area contributed by atoms with Crippen molar-refractivity contribution in [3.8, 4) is 0 Å². The molecule has 1 amide bonds. The van der Waals surface area contributed by atoms with Gasteiger partial charge in [-0.05, 0) is 50.3 Å². The van der Waals surface area contributed by atoms with E-state index in [2.05, 4.69) is 16.4 Å². The van der Waals surface area contributed by atoms with Gasteiger partial charge in [0.15, 0.2) is 0 Å². The molecule has 1 aliphatic heterocycles. The molecule has 1 aromatic heterocycles. The number of hydrogen-bond acceptors (Lipinski definition) is 3. The minimum Gasteiger partial charge on any atom is -0.367 e. The zero-order valence-corrected chi connectivity index (χ0v) is 13.8. The lowest BCUT2D eigenvalue weighted by atomic mass is 9.92. The molecule has 0 radical (unpaired) electrons. The van der Waals surface area contributed by atoms with Crippen LogP contribution in [0.15, 0.2) is 48.7 Å². The van der Waals surface area contributed by atoms with Gasteiger partial charge in [-0.3, -0.25) is 4.79 Å². The zero-order chi connectivity index (χ0) is 16.4. The van der Waals surface area contributed by atoms with E-state index in [0.29, 0.717) is 6.04 Å². The second-order valence-electron chi connectivity index (χ2n) is 6.74. The van der Waals surface area contributed by atoms with Gasteiger partial charge in [-0.2, -0.15) is 0 Å². The number of nitrogens with zero attached hydrogens (tertiary/aromatic N) is 2. The van der Waals surface area contributed by atoms with Crippen LogP contribution >= 0.6 is 0 Å². The van der Waals surface area contributed by atoms with Crippen LogP contribution in [0.25, 0.3) is 0 Å². The summed E-state index contributed by atoms with van der Waals surface area (Å²) < 4.78 is 0. The lowest BCUT2D eigenvalue weighted by Gasteiger charge is -2.31. The average Bonchev–Trinajstić information content (AvgIpc) is 3.08. The summed E-state index contributed by atoms with van der Waals surface area (Å²) in [6.07, 6.45) is 7.61. The number of nitrogens with one attached hydrogen (secondary N) is 1. The Morgan fingerprint density at radius 3 is 2.62 bits per heavy atom. The molecule has 1 aromatic carbocycles. The molecule has 1 N–H and O–H groups in total. The normalized spacial score (nSPS) is 20.7. The van der Waals surface area contributed by atoms with Gasteiger partial charge < -0.3 is 10.2 Å². The molecule has 0 unspecified atom stereocenters. The number of aromatic nitrogens is 1. The van der Waals surface area contributed by atoms with Crippen molar-refractivity contribution in [1.29, 1.82) is 0 Å². The average molecular weight is 321 g/mol. The summed E-state index contributed by atoms with van der Waals surface area (Å²) in [5, 5.41) is 3.57. The number of rotatable bonds is 4. The van der Waals surface area contributed by atoms with Crippen LogP contribution in [0.3, 0.4) is 0 Å². The smallest absolute Gasteiger partial charge is 0.254 e. The van der Waals surface area contributed by atoms with Gasteiger partial charge >= 0.3 is 0 Å². The van der Waals surface area contributed by atoms with Crippen molar-refractivity contribution in [3.63, 3.8) is 0 Å². The van der Waals surface area contributed by atoms with Gasteiger partial charge in [0.25, 0.3) is 5.91 Å². The fraction of sp³-hybridized carbons (Fsp3) is 0.400. The fourth-order valence-electron chi connectivity index (χ4n) is 3.63. The summed E-state index contributed by atoms with van der Waals surface area (Å²) in [5.74, 6) is 1.08. The lowest BCUT2D eigenvalue weighted by Crippen LogP contribution is -2.32. The van der Waals surface area contributed by atoms with E-state index >= 15 is 0 Å². The molecule has 2 aliphatic rings. The molecule has 1 atom stereocenters. The first-order valence-electron chi connectivity index (χ1n) is 8.90. The summed E-state index contributed by atoms with van der Waals surface area (Å²) in [6, 6.07) is 14.3. The number of amides is 1. The Morgan fingerprint density at radius 2 is 1.88 bits per heavy atom. The van der Waals surface area contributed by atoms with Crippen LogP contribution in [0.4, 0.5) is 5.82 Å². The van der Waals surface area contributed by atoms with E-state index in [4.69, 9.17) is 0 Å². The molecule has 4 rings (SSSR count). The van der Waals surface area contributed by atoms with Gasteiger partial charge in [0, 0.05) is 29.9 Å². The number of likely N-dealkylation sites (tertiary alicyclic amines) is 1. The van der Waals surface area contributed by atoms with Crippen LogP contribution in [0.5, 0.6) is 0 Å². The first-order chi connectivity index (χ1) is 11.8. The Morgan fingerprint density at radius 1 is 1.04 bits per heavy atom. The van der Waals surface area contributed by atoms with E-state index in [1.165, 1.54) is 19.3 Å². The van der Waals surface area contributed by atoms with Crippen LogP contribution in [0.2, 0.25) is 0 Å². The molecule has 1 aliphatic carbocycles. The van der Waals surface area contributed by atoms with Crippen LogP contribution < -0.4 is 5.32 Å². The van der Waals surface area contributed by atoms with E-state index in [0.717, 1.165) is 36.3 Å². The molecule has 4 heteroatoms. The van der Waals surface area contributed by atoms with E-state index in [9.17, 15) is 4.79 Å². The third-order valence-corrected chi connectivity index (χ3v) is 5.18. The van der Waals surface area contributed by atoms with Gasteiger partial charge in [0.2, 0.25) is 0 Å². The maximum atomic E-state index is 12.9. The number of pyridine rings is 1. The second kappa shape index (κ2) is 6.63. The predicted octanol–water partition coefficient (Wildman–Crippen LogP) is 4.02. The van der Waals surface area contributed by atoms with Crippen molar-refractivity contribution in [3.05, 3.63) is 59.8 Å². The number of benzene rings is 1. The third-order valence-electron chi connectivity index (χ3n) is 5.18. The van der Waals surface area contributed by atoms with Crippen molar-refractivity contribution < 1.29 is 4.79 Å². The Balaban J connectivity index is 1.60. The van der Waals surface area contributed by atoms with Gasteiger partial charge in [-0.15, -0.1) is 0 Å². The maximum absolute atomic E-state index is 12.9. The van der Waals surface area contributed by atoms with E-state index in [1.54, 1.807) is 0 Å². The first kappa shape index (κ1) is 15.2. The van der Waals surface area contributed by atoms with Crippen LogP contribution in [-0.4, -0.2) is 28.4 Å². The van der Waals surface area contributed by atoms with Crippen molar-refractivity contribution in [2.45, 2.75) is 44.2 Å². The molecule has 124 valence electrons. The van der Waals surface area contributed by atoms with Crippen molar-refractivity contribution in [2.24, 2.45) is 0 Å². The van der Waals surface area contributed by atoms with Gasteiger partial charge in [0.1, 0.15) is 5.82 Å². The summed E-state index contributed by atoms with van der Waals surface area (Å²) in [7, 11) is 0. The second-order valence-corrected chi connectivity index (χ2v) is 6.74. The van der Waals surface area contributed by atoms with Gasteiger partial charge in [-0.25, -0.2) is 4.98 Å². The van der Waals surface area contributed by atoms with E-state index in [-0.39, 0.29) is 11.9 Å². The predicted molar refractivity (Wildman–Crippen MR) is 95.0 cm³/mol. The molecular formula is C20H23N3O. The lowest BCUT2D eigenvalue weighted by molar-refractivity contribution is 0.0736. The molecule has 24 heavy (non-hydrogen) atoms. The van der Waals surface area contributed by atoms with Crippen molar-refractivity contribution >= 4 is 11.7 Å². The number of hydrogen-bond donors (Lipinski definition) is 1. The van der Waals surface area contributed by atoms with Crippen molar-refractivity contribution in [1.82, 2.24) is 9.88 Å². The van der Waals surface area contributed by atoms with Crippen LogP contribution in [-0.2, 0) is 0 Å². The Labute approximate surface area is 142 Å². The molecule has 0 spiro atoms. The maximum Gasteiger partial charge on any atom is 0.254 e. The Hall–Kier alpha value is -2.36. The minimum atomic E-state index is 0.119. The molecule has 0 bridgehead atoms. The number of carbonyl (C=O) groups excluding carboxylic acids is 1. The Kier molecular flexibility index (Phi) is 4.20. The molecular weight excluding hydrogens is 298 g/mol. The number of anilines is 1. The minimum absolute atomic E-state index is 0.119. The molecule has 1 saturated heterocycles. The largest absolute Gasteiger partial charge is 0.367 e. The fourth-order valence-corrected chi connectivity index (χ4v) is 3.63. The molecule has 2 heterocycles. The SMILES string of the molecule is O=C(c1ccccc1)N1CCC[C@@H]1c1cccnc1NC1CCC1. The highest BCUT2D eigenvalue weighted by atomic mass is 16.2. The van der Waals surface area contributed by atoms with Crippen molar-refractivity contribution in [2.75, 3.05) is 11.9 Å². The van der Waals surface area contributed by atoms with E-state index in [1.807, 2.05) is 47.5 Å². The highest BCUT2D eigenvalue weighted by Gasteiger charge is 2.32. The topological polar surface area (TPSA) is 45.2 Å². The zero-order valence-electron chi connectivity index (χ0n) is 13.8. The summed E-state index contributed by atoms with van der Waals surface area (Å²) in [6.45, 7) is 0.816. The summed E-state index contributed by atoms with van der Waals surface area (Å²) in [5.41, 5.74) is 1.92. The highest BCUT2D eigenvalue weighted by molar-refractivity contribution is 5.94. The van der Waals surface area contributed by atoms with Crippen LogP contribution in [0, 0.1) is 0 Å². The quantitative estimate of drug-likeness (QED) is 0.925. The van der Waals surface area contributed by atoms with Gasteiger partial charge in [-0.1, -0.05) is 24.3 Å². The molecule has 4 nitrogen and oxygen atoms in total.